The molecule has 29 heavy (non-hydrogen) atoms. The Hall–Kier alpha value is -3.35. The molecule has 0 bridgehead atoms. The highest BCUT2D eigenvalue weighted by molar-refractivity contribution is 5.82. The summed E-state index contributed by atoms with van der Waals surface area (Å²) in [7, 11) is 0. The maximum Gasteiger partial charge on any atom is 0.336 e. The maximum atomic E-state index is 13.2. The molecule has 1 heterocycles. The lowest BCUT2D eigenvalue weighted by molar-refractivity contribution is -0.122. The Kier molecular flexibility index (Phi) is 6.16. The van der Waals surface area contributed by atoms with E-state index in [9.17, 15) is 14.4 Å². The zero-order valence-electron chi connectivity index (χ0n) is 16.8. The predicted octanol–water partition coefficient (Wildman–Crippen LogP) is 2.47. The van der Waals surface area contributed by atoms with Gasteiger partial charge in [0.2, 0.25) is 5.91 Å². The van der Waals surface area contributed by atoms with E-state index in [1.165, 1.54) is 4.57 Å². The summed E-state index contributed by atoms with van der Waals surface area (Å²) in [4.78, 5) is 38.7. The fraction of sp³-hybridized carbons (Fsp3) is 0.318. The Morgan fingerprint density at radius 1 is 1.07 bits per heavy atom. The summed E-state index contributed by atoms with van der Waals surface area (Å²) in [5, 5.41) is 3.24. The van der Waals surface area contributed by atoms with E-state index in [1.54, 1.807) is 48.5 Å². The minimum Gasteiger partial charge on any atom is -0.494 e. The number of nitrogens with zero attached hydrogens (tertiary/aromatic N) is 2. The van der Waals surface area contributed by atoms with E-state index < -0.39 is 11.2 Å². The van der Waals surface area contributed by atoms with Crippen LogP contribution in [0.3, 0.4) is 0 Å². The first-order valence-electron chi connectivity index (χ1n) is 9.73. The third kappa shape index (κ3) is 4.23. The van der Waals surface area contributed by atoms with Gasteiger partial charge in [-0.15, -0.1) is 0 Å². The van der Waals surface area contributed by atoms with Gasteiger partial charge in [-0.1, -0.05) is 19.1 Å². The predicted molar refractivity (Wildman–Crippen MR) is 113 cm³/mol. The molecule has 0 aliphatic rings. The number of aromatic nitrogens is 2. The molecule has 1 amide bonds. The molecule has 0 saturated heterocycles. The molecule has 0 fully saturated rings. The van der Waals surface area contributed by atoms with E-state index in [2.05, 4.69) is 5.32 Å². The number of nitrogens with one attached hydrogen (secondary N) is 1. The second kappa shape index (κ2) is 8.77. The van der Waals surface area contributed by atoms with Gasteiger partial charge in [0.05, 0.1) is 23.2 Å². The van der Waals surface area contributed by atoms with Crippen molar-refractivity contribution < 1.29 is 9.53 Å². The standard InChI is InChI=1S/C22H25N3O4/c1-4-15(3)23-20(26)14-24-19-9-7-6-8-18(19)21(27)25(22(24)28)16-10-12-17(13-11-16)29-5-2/h6-13,15H,4-5,14H2,1-3H3,(H,23,26)/t15-/m0/s1. The average molecular weight is 395 g/mol. The van der Waals surface area contributed by atoms with Gasteiger partial charge in [-0.2, -0.15) is 0 Å². The summed E-state index contributed by atoms with van der Waals surface area (Å²) in [6.07, 6.45) is 0.785. The van der Waals surface area contributed by atoms with Crippen LogP contribution in [0.5, 0.6) is 5.75 Å². The Labute approximate surface area is 168 Å². The molecule has 0 aliphatic carbocycles. The topological polar surface area (TPSA) is 82.3 Å². The highest BCUT2D eigenvalue weighted by atomic mass is 16.5. The SMILES string of the molecule is CCOc1ccc(-n2c(=O)c3ccccc3n(CC(=O)N[C@@H](C)CC)c2=O)cc1. The molecule has 0 aliphatic heterocycles. The number of para-hydroxylation sites is 1. The second-order valence-corrected chi connectivity index (χ2v) is 6.83. The molecule has 0 spiro atoms. The normalized spacial score (nSPS) is 12.0. The fourth-order valence-electron chi connectivity index (χ4n) is 3.13. The minimum atomic E-state index is -0.558. The minimum absolute atomic E-state index is 0.00137. The Morgan fingerprint density at radius 3 is 2.41 bits per heavy atom. The molecule has 7 heteroatoms. The van der Waals surface area contributed by atoms with Crippen molar-refractivity contribution in [3.8, 4) is 11.4 Å². The van der Waals surface area contributed by atoms with Crippen molar-refractivity contribution in [2.45, 2.75) is 39.8 Å². The lowest BCUT2D eigenvalue weighted by Gasteiger charge is -2.16. The maximum absolute atomic E-state index is 13.2. The van der Waals surface area contributed by atoms with Crippen molar-refractivity contribution in [3.05, 3.63) is 69.4 Å². The molecule has 3 rings (SSSR count). The number of benzene rings is 2. The van der Waals surface area contributed by atoms with Crippen molar-refractivity contribution in [1.29, 1.82) is 0 Å². The lowest BCUT2D eigenvalue weighted by atomic mass is 10.2. The van der Waals surface area contributed by atoms with Gasteiger partial charge in [-0.25, -0.2) is 9.36 Å². The fourth-order valence-corrected chi connectivity index (χ4v) is 3.13. The summed E-state index contributed by atoms with van der Waals surface area (Å²) in [5.74, 6) is 0.377. The molecule has 1 aromatic heterocycles. The summed E-state index contributed by atoms with van der Waals surface area (Å²) >= 11 is 0. The number of amides is 1. The zero-order valence-corrected chi connectivity index (χ0v) is 16.8. The second-order valence-electron chi connectivity index (χ2n) is 6.83. The van der Waals surface area contributed by atoms with E-state index in [0.717, 1.165) is 11.0 Å². The van der Waals surface area contributed by atoms with Crippen molar-refractivity contribution in [2.24, 2.45) is 0 Å². The third-order valence-electron chi connectivity index (χ3n) is 4.78. The van der Waals surface area contributed by atoms with E-state index in [0.29, 0.717) is 28.9 Å². The Morgan fingerprint density at radius 2 is 1.76 bits per heavy atom. The molecule has 7 nitrogen and oxygen atoms in total. The first-order valence-corrected chi connectivity index (χ1v) is 9.73. The largest absolute Gasteiger partial charge is 0.494 e. The van der Waals surface area contributed by atoms with Crippen molar-refractivity contribution in [3.63, 3.8) is 0 Å². The summed E-state index contributed by atoms with van der Waals surface area (Å²) in [6.45, 7) is 6.11. The first-order chi connectivity index (χ1) is 14.0. The Bertz CT molecular complexity index is 1130. The average Bonchev–Trinajstić information content (AvgIpc) is 2.72. The molecule has 3 aromatic rings. The van der Waals surface area contributed by atoms with E-state index >= 15 is 0 Å². The summed E-state index contributed by atoms with van der Waals surface area (Å²) < 4.78 is 7.86. The zero-order chi connectivity index (χ0) is 21.0. The number of carbonyl (C=O) groups excluding carboxylic acids is 1. The van der Waals surface area contributed by atoms with E-state index in [4.69, 9.17) is 4.74 Å². The van der Waals surface area contributed by atoms with Crippen molar-refractivity contribution in [1.82, 2.24) is 14.5 Å². The van der Waals surface area contributed by atoms with Crippen LogP contribution in [0.15, 0.2) is 58.1 Å². The summed E-state index contributed by atoms with van der Waals surface area (Å²) in [5.41, 5.74) is -0.125. The molecule has 152 valence electrons. The van der Waals surface area contributed by atoms with Gasteiger partial charge in [0, 0.05) is 6.04 Å². The van der Waals surface area contributed by atoms with E-state index in [-0.39, 0.29) is 18.5 Å². The Balaban J connectivity index is 2.15. The molecular weight excluding hydrogens is 370 g/mol. The van der Waals surface area contributed by atoms with E-state index in [1.807, 2.05) is 20.8 Å². The number of rotatable bonds is 7. The van der Waals surface area contributed by atoms with Crippen LogP contribution in [-0.2, 0) is 11.3 Å². The highest BCUT2D eigenvalue weighted by Crippen LogP contribution is 2.15. The molecular formula is C22H25N3O4. The number of carbonyl (C=O) groups is 1. The molecule has 0 radical (unpaired) electrons. The lowest BCUT2D eigenvalue weighted by Crippen LogP contribution is -2.43. The van der Waals surface area contributed by atoms with Crippen LogP contribution in [0.25, 0.3) is 16.6 Å². The van der Waals surface area contributed by atoms with Gasteiger partial charge in [0.25, 0.3) is 5.56 Å². The van der Waals surface area contributed by atoms with Gasteiger partial charge >= 0.3 is 5.69 Å². The van der Waals surface area contributed by atoms with Crippen LogP contribution in [0.4, 0.5) is 0 Å². The van der Waals surface area contributed by atoms with Crippen LogP contribution in [0, 0.1) is 0 Å². The molecule has 1 N–H and O–H groups in total. The van der Waals surface area contributed by atoms with Gasteiger partial charge in [-0.05, 0) is 56.7 Å². The monoisotopic (exact) mass is 395 g/mol. The van der Waals surface area contributed by atoms with Crippen LogP contribution >= 0.6 is 0 Å². The first kappa shape index (κ1) is 20.4. The van der Waals surface area contributed by atoms with Gasteiger partial charge in [0.15, 0.2) is 0 Å². The van der Waals surface area contributed by atoms with Crippen molar-refractivity contribution in [2.75, 3.05) is 6.61 Å². The van der Waals surface area contributed by atoms with Crippen LogP contribution < -0.4 is 21.3 Å². The molecule has 0 unspecified atom stereocenters. The smallest absolute Gasteiger partial charge is 0.336 e. The van der Waals surface area contributed by atoms with Crippen LogP contribution in [0.2, 0.25) is 0 Å². The molecule has 0 saturated carbocycles. The van der Waals surface area contributed by atoms with Gasteiger partial charge < -0.3 is 10.1 Å². The van der Waals surface area contributed by atoms with Crippen LogP contribution in [-0.4, -0.2) is 27.7 Å². The number of fused-ring (bicyclic) bond motifs is 1. The quantitative estimate of drug-likeness (QED) is 0.666. The third-order valence-corrected chi connectivity index (χ3v) is 4.78. The van der Waals surface area contributed by atoms with Crippen LogP contribution in [0.1, 0.15) is 27.2 Å². The van der Waals surface area contributed by atoms with Crippen molar-refractivity contribution >= 4 is 16.8 Å². The number of ether oxygens (including phenoxy) is 1. The van der Waals surface area contributed by atoms with Gasteiger partial charge in [0.1, 0.15) is 12.3 Å². The summed E-state index contributed by atoms with van der Waals surface area (Å²) in [6, 6.07) is 13.5. The number of hydrogen-bond donors (Lipinski definition) is 1. The highest BCUT2D eigenvalue weighted by Gasteiger charge is 2.17. The number of hydrogen-bond acceptors (Lipinski definition) is 4. The molecule has 1 atom stereocenters. The van der Waals surface area contributed by atoms with Gasteiger partial charge in [-0.3, -0.25) is 14.2 Å². The molecule has 2 aromatic carbocycles.